The maximum Gasteiger partial charge on any atom is 0.0328 e. The number of hydrogen-bond acceptors (Lipinski definition) is 3. The van der Waals surface area contributed by atoms with Gasteiger partial charge in [0, 0.05) is 33.9 Å². The molecule has 1 atom stereocenters. The molecule has 4 heteroatoms. The molecule has 2 nitrogen and oxygen atoms in total. The van der Waals surface area contributed by atoms with Crippen LogP contribution < -0.4 is 5.73 Å². The highest BCUT2D eigenvalue weighted by Crippen LogP contribution is 2.25. The summed E-state index contributed by atoms with van der Waals surface area (Å²) in [5.41, 5.74) is 6.22. The predicted octanol–water partition coefficient (Wildman–Crippen LogP) is 3.71. The van der Waals surface area contributed by atoms with Crippen LogP contribution in [-0.4, -0.2) is 24.5 Å². The van der Waals surface area contributed by atoms with Crippen molar-refractivity contribution in [2.75, 3.05) is 13.6 Å². The van der Waals surface area contributed by atoms with Crippen LogP contribution in [0.2, 0.25) is 0 Å². The fraction of sp³-hybridized carbons (Fsp3) is 0.692. The van der Waals surface area contributed by atoms with Crippen LogP contribution in [0.15, 0.2) is 15.9 Å². The molecule has 0 aliphatic heterocycles. The zero-order chi connectivity index (χ0) is 13.1. The van der Waals surface area contributed by atoms with Crippen molar-refractivity contribution in [2.24, 2.45) is 11.1 Å². The predicted molar refractivity (Wildman–Crippen MR) is 80.4 cm³/mol. The summed E-state index contributed by atoms with van der Waals surface area (Å²) in [5.74, 6) is 0. The van der Waals surface area contributed by atoms with Gasteiger partial charge in [0.05, 0.1) is 0 Å². The maximum atomic E-state index is 5.89. The topological polar surface area (TPSA) is 29.3 Å². The fourth-order valence-electron chi connectivity index (χ4n) is 1.94. The lowest BCUT2D eigenvalue weighted by atomic mass is 9.87. The second kappa shape index (κ2) is 6.32. The van der Waals surface area contributed by atoms with Gasteiger partial charge in [0.2, 0.25) is 0 Å². The van der Waals surface area contributed by atoms with Gasteiger partial charge in [-0.1, -0.05) is 20.8 Å². The summed E-state index contributed by atoms with van der Waals surface area (Å²) in [5, 5.41) is 2.13. The molecule has 1 rings (SSSR count). The monoisotopic (exact) mass is 318 g/mol. The first-order chi connectivity index (χ1) is 7.81. The lowest BCUT2D eigenvalue weighted by Crippen LogP contribution is -2.39. The Balaban J connectivity index is 2.57. The minimum absolute atomic E-state index is 0.328. The van der Waals surface area contributed by atoms with Crippen molar-refractivity contribution < 1.29 is 0 Å². The average molecular weight is 319 g/mol. The van der Waals surface area contributed by atoms with Gasteiger partial charge in [0.1, 0.15) is 0 Å². The lowest BCUT2D eigenvalue weighted by molar-refractivity contribution is 0.178. The van der Waals surface area contributed by atoms with Crippen LogP contribution in [0.4, 0.5) is 0 Å². The van der Waals surface area contributed by atoms with E-state index in [1.807, 2.05) is 0 Å². The standard InChI is InChI=1S/C13H23BrN2S/c1-13(2,3)6-11(7-15)16(4)8-12-5-10(14)9-17-12/h5,9,11H,6-8,15H2,1-4H3. The lowest BCUT2D eigenvalue weighted by Gasteiger charge is -2.32. The Morgan fingerprint density at radius 1 is 1.47 bits per heavy atom. The van der Waals surface area contributed by atoms with Gasteiger partial charge in [-0.2, -0.15) is 0 Å². The van der Waals surface area contributed by atoms with Crippen LogP contribution in [-0.2, 0) is 6.54 Å². The van der Waals surface area contributed by atoms with Crippen LogP contribution in [0.25, 0.3) is 0 Å². The van der Waals surface area contributed by atoms with Crippen LogP contribution in [0.5, 0.6) is 0 Å². The van der Waals surface area contributed by atoms with Crippen molar-refractivity contribution >= 4 is 27.3 Å². The molecule has 2 N–H and O–H groups in total. The maximum absolute atomic E-state index is 5.89. The number of thiophene rings is 1. The molecular formula is C13H23BrN2S. The summed E-state index contributed by atoms with van der Waals surface area (Å²) in [4.78, 5) is 3.75. The van der Waals surface area contributed by atoms with E-state index in [4.69, 9.17) is 5.73 Å². The molecule has 0 bridgehead atoms. The molecule has 0 radical (unpaired) electrons. The van der Waals surface area contributed by atoms with E-state index in [2.05, 4.69) is 60.1 Å². The van der Waals surface area contributed by atoms with Crippen molar-refractivity contribution in [1.29, 1.82) is 0 Å². The van der Waals surface area contributed by atoms with Crippen LogP contribution >= 0.6 is 27.3 Å². The second-order valence-corrected chi connectivity index (χ2v) is 7.71. The highest BCUT2D eigenvalue weighted by molar-refractivity contribution is 9.10. The molecule has 17 heavy (non-hydrogen) atoms. The Bertz CT molecular complexity index is 343. The third kappa shape index (κ3) is 5.51. The molecule has 1 heterocycles. The zero-order valence-electron chi connectivity index (χ0n) is 11.2. The first kappa shape index (κ1) is 15.2. The number of nitrogens with zero attached hydrogens (tertiary/aromatic N) is 1. The molecule has 0 aliphatic rings. The number of likely N-dealkylation sites (N-methyl/N-ethyl adjacent to an activating group) is 1. The summed E-state index contributed by atoms with van der Waals surface area (Å²) in [6.45, 7) is 8.51. The molecule has 0 aliphatic carbocycles. The second-order valence-electron chi connectivity index (χ2n) is 5.80. The van der Waals surface area contributed by atoms with Gasteiger partial charge in [0.25, 0.3) is 0 Å². The molecule has 98 valence electrons. The van der Waals surface area contributed by atoms with Crippen LogP contribution in [0.3, 0.4) is 0 Å². The Kier molecular flexibility index (Phi) is 5.64. The van der Waals surface area contributed by atoms with Crippen molar-refractivity contribution in [2.45, 2.75) is 39.8 Å². The van der Waals surface area contributed by atoms with E-state index >= 15 is 0 Å². The molecule has 1 unspecified atom stereocenters. The third-order valence-corrected chi connectivity index (χ3v) is 4.45. The van der Waals surface area contributed by atoms with Gasteiger partial charge in [0.15, 0.2) is 0 Å². The van der Waals surface area contributed by atoms with Gasteiger partial charge in [-0.25, -0.2) is 0 Å². The molecule has 0 aromatic carbocycles. The quantitative estimate of drug-likeness (QED) is 0.896. The van der Waals surface area contributed by atoms with E-state index < -0.39 is 0 Å². The molecular weight excluding hydrogens is 296 g/mol. The van der Waals surface area contributed by atoms with Crippen molar-refractivity contribution in [3.63, 3.8) is 0 Å². The summed E-state index contributed by atoms with van der Waals surface area (Å²) in [6, 6.07) is 2.64. The largest absolute Gasteiger partial charge is 0.329 e. The van der Waals surface area contributed by atoms with E-state index in [0.29, 0.717) is 11.5 Å². The summed E-state index contributed by atoms with van der Waals surface area (Å²) in [7, 11) is 2.16. The SMILES string of the molecule is CN(Cc1cc(Br)cs1)C(CN)CC(C)(C)C. The Hall–Kier alpha value is 0.1000. The highest BCUT2D eigenvalue weighted by atomic mass is 79.9. The minimum Gasteiger partial charge on any atom is -0.329 e. The van der Waals surface area contributed by atoms with Crippen molar-refractivity contribution in [1.82, 2.24) is 4.90 Å². The van der Waals surface area contributed by atoms with E-state index in [-0.39, 0.29) is 0 Å². The summed E-state index contributed by atoms with van der Waals surface area (Å²) >= 11 is 5.29. The van der Waals surface area contributed by atoms with Gasteiger partial charge < -0.3 is 5.73 Å². The highest BCUT2D eigenvalue weighted by Gasteiger charge is 2.21. The third-order valence-electron chi connectivity index (χ3n) is 2.77. The first-order valence-electron chi connectivity index (χ1n) is 5.95. The van der Waals surface area contributed by atoms with Gasteiger partial charge >= 0.3 is 0 Å². The van der Waals surface area contributed by atoms with E-state index in [9.17, 15) is 0 Å². The number of halogens is 1. The molecule has 0 amide bonds. The van der Waals surface area contributed by atoms with Crippen molar-refractivity contribution in [3.05, 3.63) is 20.8 Å². The van der Waals surface area contributed by atoms with Crippen LogP contribution in [0, 0.1) is 5.41 Å². The van der Waals surface area contributed by atoms with Crippen molar-refractivity contribution in [3.8, 4) is 0 Å². The summed E-state index contributed by atoms with van der Waals surface area (Å²) < 4.78 is 1.17. The Labute approximate surface area is 117 Å². The number of nitrogens with two attached hydrogens (primary N) is 1. The minimum atomic E-state index is 0.328. The zero-order valence-corrected chi connectivity index (χ0v) is 13.6. The molecule has 0 spiro atoms. The molecule has 0 fully saturated rings. The molecule has 1 aromatic rings. The van der Waals surface area contributed by atoms with Crippen LogP contribution in [0.1, 0.15) is 32.1 Å². The normalized spacial score (nSPS) is 14.3. The molecule has 0 saturated carbocycles. The Morgan fingerprint density at radius 3 is 2.53 bits per heavy atom. The number of rotatable bonds is 5. The van der Waals surface area contributed by atoms with E-state index in [0.717, 1.165) is 19.5 Å². The number of hydrogen-bond donors (Lipinski definition) is 1. The molecule has 0 saturated heterocycles. The van der Waals surface area contributed by atoms with Gasteiger partial charge in [-0.05, 0) is 40.9 Å². The van der Waals surface area contributed by atoms with E-state index in [1.54, 1.807) is 11.3 Å². The van der Waals surface area contributed by atoms with Gasteiger partial charge in [-0.3, -0.25) is 4.90 Å². The first-order valence-corrected chi connectivity index (χ1v) is 7.62. The van der Waals surface area contributed by atoms with E-state index in [1.165, 1.54) is 9.35 Å². The fourth-order valence-corrected chi connectivity index (χ4v) is 3.45. The van der Waals surface area contributed by atoms with Gasteiger partial charge in [-0.15, -0.1) is 11.3 Å². The smallest absolute Gasteiger partial charge is 0.0328 e. The summed E-state index contributed by atoms with van der Waals surface area (Å²) in [6.07, 6.45) is 1.13. The average Bonchev–Trinajstić information content (AvgIpc) is 2.59. The Morgan fingerprint density at radius 2 is 2.12 bits per heavy atom. The molecule has 1 aromatic heterocycles.